The molecule has 2 heterocycles. The Morgan fingerprint density at radius 3 is 2.56 bits per heavy atom. The summed E-state index contributed by atoms with van der Waals surface area (Å²) < 4.78 is 16.9. The van der Waals surface area contributed by atoms with E-state index in [2.05, 4.69) is 20.6 Å². The van der Waals surface area contributed by atoms with Crippen molar-refractivity contribution in [2.24, 2.45) is 0 Å². The lowest BCUT2D eigenvalue weighted by Gasteiger charge is -2.12. The summed E-state index contributed by atoms with van der Waals surface area (Å²) in [6.45, 7) is 1.79. The van der Waals surface area contributed by atoms with Crippen molar-refractivity contribution in [3.05, 3.63) is 70.3 Å². The Labute approximate surface area is 194 Å². The fourth-order valence-corrected chi connectivity index (χ4v) is 3.43. The molecule has 11 heteroatoms. The molecule has 0 atom stereocenters. The number of amides is 1. The largest absolute Gasteiger partial charge is 0.493 e. The normalized spacial score (nSPS) is 10.8. The van der Waals surface area contributed by atoms with Crippen LogP contribution in [-0.2, 0) is 17.8 Å². The van der Waals surface area contributed by atoms with E-state index < -0.39 is 5.76 Å². The number of hydrogen-bond donors (Lipinski definition) is 1. The van der Waals surface area contributed by atoms with Crippen LogP contribution in [0.15, 0.2) is 57.7 Å². The second kappa shape index (κ2) is 10.0. The molecule has 4 rings (SSSR count). The third-order valence-electron chi connectivity index (χ3n) is 5.07. The lowest BCUT2D eigenvalue weighted by molar-refractivity contribution is -0.121. The standard InChI is InChI=1S/C23H24N6O5/c1-15-20(26-29(25-15)17-9-5-4-6-10-17)22-27-28(23(31)34-22)14-19(30)24-13-12-16-8-7-11-18(32-2)21(16)33-3/h4-11H,12-14H2,1-3H3,(H,24,30). The maximum Gasteiger partial charge on any atom is 0.437 e. The summed E-state index contributed by atoms with van der Waals surface area (Å²) in [7, 11) is 3.13. The monoisotopic (exact) mass is 464 g/mol. The van der Waals surface area contributed by atoms with Crippen LogP contribution in [0, 0.1) is 6.92 Å². The summed E-state index contributed by atoms with van der Waals surface area (Å²) in [6.07, 6.45) is 0.521. The Balaban J connectivity index is 1.41. The SMILES string of the molecule is COc1cccc(CCNC(=O)Cn2nc(-c3nn(-c4ccccc4)nc3C)oc2=O)c1OC. The number of nitrogens with zero attached hydrogens (tertiary/aromatic N) is 5. The number of benzene rings is 2. The fraction of sp³-hybridized carbons (Fsp3) is 0.261. The molecule has 2 aromatic carbocycles. The third-order valence-corrected chi connectivity index (χ3v) is 5.07. The van der Waals surface area contributed by atoms with E-state index in [0.717, 1.165) is 15.9 Å². The van der Waals surface area contributed by atoms with E-state index in [1.54, 1.807) is 27.2 Å². The number of methoxy groups -OCH3 is 2. The minimum atomic E-state index is -0.756. The lowest BCUT2D eigenvalue weighted by Crippen LogP contribution is -2.32. The molecule has 0 spiro atoms. The first-order valence-corrected chi connectivity index (χ1v) is 10.5. The highest BCUT2D eigenvalue weighted by molar-refractivity contribution is 5.75. The minimum absolute atomic E-state index is 0.00130. The molecule has 0 fully saturated rings. The Morgan fingerprint density at radius 2 is 1.82 bits per heavy atom. The molecule has 0 aliphatic rings. The molecular weight excluding hydrogens is 440 g/mol. The predicted octanol–water partition coefficient (Wildman–Crippen LogP) is 1.77. The maximum atomic E-state index is 12.4. The van der Waals surface area contributed by atoms with E-state index >= 15 is 0 Å². The van der Waals surface area contributed by atoms with Crippen LogP contribution in [0.4, 0.5) is 0 Å². The van der Waals surface area contributed by atoms with Gasteiger partial charge in [-0.3, -0.25) is 4.79 Å². The van der Waals surface area contributed by atoms with Crippen LogP contribution in [-0.4, -0.2) is 51.4 Å². The molecule has 0 aliphatic heterocycles. The fourth-order valence-electron chi connectivity index (χ4n) is 3.43. The number of para-hydroxylation sites is 2. The molecule has 4 aromatic rings. The molecule has 0 aliphatic carbocycles. The second-order valence-electron chi connectivity index (χ2n) is 7.34. The third kappa shape index (κ3) is 4.82. The molecule has 34 heavy (non-hydrogen) atoms. The first-order valence-electron chi connectivity index (χ1n) is 10.5. The van der Waals surface area contributed by atoms with E-state index in [1.165, 1.54) is 4.80 Å². The van der Waals surface area contributed by atoms with Gasteiger partial charge in [0.1, 0.15) is 6.54 Å². The molecule has 1 amide bonds. The summed E-state index contributed by atoms with van der Waals surface area (Å²) in [4.78, 5) is 26.1. The van der Waals surface area contributed by atoms with Crippen molar-refractivity contribution < 1.29 is 18.7 Å². The number of aromatic nitrogens is 5. The van der Waals surface area contributed by atoms with Gasteiger partial charge < -0.3 is 19.2 Å². The number of carbonyl (C=O) groups is 1. The summed E-state index contributed by atoms with van der Waals surface area (Å²) in [5.41, 5.74) is 2.50. The highest BCUT2D eigenvalue weighted by Crippen LogP contribution is 2.30. The number of ether oxygens (including phenoxy) is 2. The molecule has 1 N–H and O–H groups in total. The van der Waals surface area contributed by atoms with Crippen LogP contribution < -0.4 is 20.5 Å². The van der Waals surface area contributed by atoms with Crippen molar-refractivity contribution in [1.29, 1.82) is 0 Å². The van der Waals surface area contributed by atoms with Gasteiger partial charge in [0.25, 0.3) is 5.89 Å². The van der Waals surface area contributed by atoms with Crippen LogP contribution in [0.5, 0.6) is 11.5 Å². The van der Waals surface area contributed by atoms with Gasteiger partial charge in [0.2, 0.25) is 5.91 Å². The maximum absolute atomic E-state index is 12.4. The van der Waals surface area contributed by atoms with Crippen LogP contribution in [0.1, 0.15) is 11.3 Å². The average molecular weight is 464 g/mol. The molecular formula is C23H24N6O5. The highest BCUT2D eigenvalue weighted by Gasteiger charge is 2.19. The number of hydrogen-bond acceptors (Lipinski definition) is 8. The van der Waals surface area contributed by atoms with Crippen molar-refractivity contribution >= 4 is 5.91 Å². The molecule has 0 radical (unpaired) electrons. The Morgan fingerprint density at radius 1 is 1.03 bits per heavy atom. The highest BCUT2D eigenvalue weighted by atomic mass is 16.5. The van der Waals surface area contributed by atoms with Crippen molar-refractivity contribution in [2.75, 3.05) is 20.8 Å². The van der Waals surface area contributed by atoms with Gasteiger partial charge in [0.05, 0.1) is 25.6 Å². The van der Waals surface area contributed by atoms with Crippen LogP contribution >= 0.6 is 0 Å². The molecule has 0 saturated heterocycles. The van der Waals surface area contributed by atoms with E-state index in [1.807, 2.05) is 42.5 Å². The smallest absolute Gasteiger partial charge is 0.437 e. The van der Waals surface area contributed by atoms with E-state index in [9.17, 15) is 9.59 Å². The van der Waals surface area contributed by atoms with E-state index in [-0.39, 0.29) is 18.3 Å². The number of carbonyl (C=O) groups excluding carboxylic acids is 1. The van der Waals surface area contributed by atoms with E-state index in [0.29, 0.717) is 35.9 Å². The summed E-state index contributed by atoms with van der Waals surface area (Å²) in [6, 6.07) is 14.9. The van der Waals surface area contributed by atoms with Crippen molar-refractivity contribution in [3.63, 3.8) is 0 Å². The number of aryl methyl sites for hydroxylation is 1. The van der Waals surface area contributed by atoms with Gasteiger partial charge in [-0.15, -0.1) is 10.2 Å². The second-order valence-corrected chi connectivity index (χ2v) is 7.34. The van der Waals surface area contributed by atoms with Gasteiger partial charge in [-0.2, -0.15) is 14.6 Å². The lowest BCUT2D eigenvalue weighted by atomic mass is 10.1. The molecule has 0 bridgehead atoms. The average Bonchev–Trinajstić information content (AvgIpc) is 3.41. The molecule has 0 unspecified atom stereocenters. The van der Waals surface area contributed by atoms with Gasteiger partial charge in [0, 0.05) is 6.54 Å². The zero-order chi connectivity index (χ0) is 24.1. The van der Waals surface area contributed by atoms with Gasteiger partial charge in [0.15, 0.2) is 17.2 Å². The molecule has 2 aromatic heterocycles. The molecule has 11 nitrogen and oxygen atoms in total. The summed E-state index contributed by atoms with van der Waals surface area (Å²) >= 11 is 0. The van der Waals surface area contributed by atoms with Crippen LogP contribution in [0.2, 0.25) is 0 Å². The van der Waals surface area contributed by atoms with Crippen molar-refractivity contribution in [3.8, 4) is 28.8 Å². The first kappa shape index (κ1) is 22.8. The van der Waals surface area contributed by atoms with Gasteiger partial charge in [-0.25, -0.2) is 4.79 Å². The van der Waals surface area contributed by atoms with Gasteiger partial charge >= 0.3 is 5.76 Å². The molecule has 176 valence electrons. The molecule has 0 saturated carbocycles. The van der Waals surface area contributed by atoms with Gasteiger partial charge in [-0.05, 0) is 37.1 Å². The number of rotatable bonds is 9. The summed E-state index contributed by atoms with van der Waals surface area (Å²) in [5, 5.41) is 15.6. The summed E-state index contributed by atoms with van der Waals surface area (Å²) in [5.74, 6) is 0.100. The zero-order valence-corrected chi connectivity index (χ0v) is 19.0. The van der Waals surface area contributed by atoms with Crippen molar-refractivity contribution in [2.45, 2.75) is 19.9 Å². The Hall–Kier alpha value is -4.41. The van der Waals surface area contributed by atoms with Crippen LogP contribution in [0.3, 0.4) is 0 Å². The minimum Gasteiger partial charge on any atom is -0.493 e. The quantitative estimate of drug-likeness (QED) is 0.397. The number of nitrogens with one attached hydrogen (secondary N) is 1. The van der Waals surface area contributed by atoms with Crippen molar-refractivity contribution in [1.82, 2.24) is 30.1 Å². The first-order chi connectivity index (χ1) is 16.5. The van der Waals surface area contributed by atoms with E-state index in [4.69, 9.17) is 13.9 Å². The predicted molar refractivity (Wildman–Crippen MR) is 122 cm³/mol. The zero-order valence-electron chi connectivity index (χ0n) is 19.0. The van der Waals surface area contributed by atoms with Gasteiger partial charge in [-0.1, -0.05) is 30.3 Å². The Bertz CT molecular complexity index is 1340. The Kier molecular flexibility index (Phi) is 6.72. The van der Waals surface area contributed by atoms with Crippen LogP contribution in [0.25, 0.3) is 17.3 Å². The topological polar surface area (TPSA) is 126 Å².